The molecule has 0 saturated carbocycles. The minimum absolute atomic E-state index is 1.11. The van der Waals surface area contributed by atoms with Crippen LogP contribution in [0.25, 0.3) is 70.9 Å². The van der Waals surface area contributed by atoms with Gasteiger partial charge in [-0.25, -0.2) is 0 Å². The molecule has 50 heavy (non-hydrogen) atoms. The van der Waals surface area contributed by atoms with Gasteiger partial charge in [0, 0.05) is 33.5 Å². The van der Waals surface area contributed by atoms with Crippen LogP contribution in [0.2, 0.25) is 0 Å². The number of para-hydroxylation sites is 3. The highest BCUT2D eigenvalue weighted by atomic mass is 15.1. The topological polar surface area (TPSA) is 8.17 Å². The average Bonchev–Trinajstić information content (AvgIpc) is 3.53. The van der Waals surface area contributed by atoms with Crippen molar-refractivity contribution in [1.82, 2.24) is 4.57 Å². The molecule has 10 aromatic rings. The zero-order valence-electron chi connectivity index (χ0n) is 27.4. The second kappa shape index (κ2) is 11.5. The molecule has 9 aromatic carbocycles. The minimum atomic E-state index is 1.11. The molecule has 10 rings (SSSR count). The van der Waals surface area contributed by atoms with Crippen LogP contribution in [0.5, 0.6) is 0 Å². The number of aromatic nitrogens is 1. The van der Waals surface area contributed by atoms with Crippen molar-refractivity contribution < 1.29 is 0 Å². The Hall–Kier alpha value is -6.64. The lowest BCUT2D eigenvalue weighted by Gasteiger charge is -2.26. The molecule has 0 aliphatic heterocycles. The maximum Gasteiger partial charge on any atom is 0.0541 e. The quantitative estimate of drug-likeness (QED) is 0.171. The molecule has 234 valence electrons. The SMILES string of the molecule is c1ccc(N(c2ccc(-c3cccc4c5ccccc5c5ccccc5c34)cc2)c2ccc(-n3c4ccccc4c4ccccc43)cc2)cc1. The summed E-state index contributed by atoms with van der Waals surface area (Å²) in [6, 6.07) is 70.3. The van der Waals surface area contributed by atoms with Crippen molar-refractivity contribution in [3.8, 4) is 16.8 Å². The molecule has 0 radical (unpaired) electrons. The Bertz CT molecular complexity index is 2750. The molecule has 0 unspecified atom stereocenters. The van der Waals surface area contributed by atoms with Crippen LogP contribution in [0.15, 0.2) is 194 Å². The number of fused-ring (bicyclic) bond motifs is 9. The van der Waals surface area contributed by atoms with Crippen LogP contribution in [0, 0.1) is 0 Å². The van der Waals surface area contributed by atoms with Gasteiger partial charge in [0.1, 0.15) is 0 Å². The van der Waals surface area contributed by atoms with E-state index in [1.54, 1.807) is 0 Å². The Morgan fingerprint density at radius 2 is 0.720 bits per heavy atom. The third-order valence-corrected chi connectivity index (χ3v) is 10.2. The van der Waals surface area contributed by atoms with Gasteiger partial charge in [-0.05, 0) is 104 Å². The number of rotatable bonds is 5. The van der Waals surface area contributed by atoms with Crippen molar-refractivity contribution >= 4 is 71.2 Å². The lowest BCUT2D eigenvalue weighted by atomic mass is 9.89. The summed E-state index contributed by atoms with van der Waals surface area (Å²) in [7, 11) is 0. The second-order valence-corrected chi connectivity index (χ2v) is 12.9. The molecule has 0 atom stereocenters. The molecule has 0 aliphatic rings. The van der Waals surface area contributed by atoms with Crippen LogP contribution in [0.1, 0.15) is 0 Å². The Morgan fingerprint density at radius 1 is 0.300 bits per heavy atom. The van der Waals surface area contributed by atoms with Crippen molar-refractivity contribution in [2.45, 2.75) is 0 Å². The van der Waals surface area contributed by atoms with E-state index >= 15 is 0 Å². The van der Waals surface area contributed by atoms with Gasteiger partial charge in [0.05, 0.1) is 11.0 Å². The zero-order chi connectivity index (χ0) is 33.0. The number of anilines is 3. The summed E-state index contributed by atoms with van der Waals surface area (Å²) in [5, 5.41) is 10.3. The molecule has 0 N–H and O–H groups in total. The van der Waals surface area contributed by atoms with Crippen molar-refractivity contribution in [2.75, 3.05) is 4.90 Å². The molecular weight excluding hydrogens is 605 g/mol. The lowest BCUT2D eigenvalue weighted by molar-refractivity contribution is 1.17. The molecule has 0 spiro atoms. The summed E-state index contributed by atoms with van der Waals surface area (Å²) in [4.78, 5) is 2.34. The third-order valence-electron chi connectivity index (χ3n) is 10.2. The van der Waals surface area contributed by atoms with Gasteiger partial charge in [0.25, 0.3) is 0 Å². The fraction of sp³-hybridized carbons (Fsp3) is 0. The zero-order valence-corrected chi connectivity index (χ0v) is 27.4. The van der Waals surface area contributed by atoms with Crippen molar-refractivity contribution in [2.24, 2.45) is 0 Å². The van der Waals surface area contributed by atoms with Gasteiger partial charge in [-0.15, -0.1) is 0 Å². The fourth-order valence-corrected chi connectivity index (χ4v) is 7.96. The molecule has 0 aliphatic carbocycles. The van der Waals surface area contributed by atoms with Gasteiger partial charge in [0.15, 0.2) is 0 Å². The highest BCUT2D eigenvalue weighted by molar-refractivity contribution is 6.28. The third kappa shape index (κ3) is 4.43. The van der Waals surface area contributed by atoms with Gasteiger partial charge >= 0.3 is 0 Å². The molecule has 2 heteroatoms. The Balaban J connectivity index is 1.09. The van der Waals surface area contributed by atoms with Gasteiger partial charge in [-0.3, -0.25) is 0 Å². The highest BCUT2D eigenvalue weighted by Gasteiger charge is 2.17. The molecule has 2 nitrogen and oxygen atoms in total. The van der Waals surface area contributed by atoms with Gasteiger partial charge in [0.2, 0.25) is 0 Å². The molecule has 0 saturated heterocycles. The molecule has 0 fully saturated rings. The predicted octanol–water partition coefficient (Wildman–Crippen LogP) is 13.4. The lowest BCUT2D eigenvalue weighted by Crippen LogP contribution is -2.10. The standard InChI is InChI=1S/C48H32N2/c1-2-13-34(14-3-1)49(36-29-31-37(32-30-36)50-46-23-10-8-18-42(46)43-19-9-11-24-47(43)50)35-27-25-33(26-28-35)38-21-12-22-45-41-16-5-4-15-39(41)40-17-6-7-20-44(40)48(38)45/h1-32H. The van der Waals surface area contributed by atoms with Gasteiger partial charge < -0.3 is 9.47 Å². The maximum atomic E-state index is 2.37. The summed E-state index contributed by atoms with van der Waals surface area (Å²) in [6.07, 6.45) is 0. The summed E-state index contributed by atoms with van der Waals surface area (Å²) in [5.74, 6) is 0. The summed E-state index contributed by atoms with van der Waals surface area (Å²) < 4.78 is 2.37. The van der Waals surface area contributed by atoms with E-state index in [9.17, 15) is 0 Å². The van der Waals surface area contributed by atoms with Crippen molar-refractivity contribution in [3.05, 3.63) is 194 Å². The first-order valence-electron chi connectivity index (χ1n) is 17.2. The first kappa shape index (κ1) is 28.4. The average molecular weight is 637 g/mol. The van der Waals surface area contributed by atoms with E-state index in [0.29, 0.717) is 0 Å². The first-order chi connectivity index (χ1) is 24.8. The number of hydrogen-bond acceptors (Lipinski definition) is 1. The number of benzene rings is 9. The predicted molar refractivity (Wildman–Crippen MR) is 213 cm³/mol. The van der Waals surface area contributed by atoms with E-state index in [-0.39, 0.29) is 0 Å². The van der Waals surface area contributed by atoms with E-state index in [4.69, 9.17) is 0 Å². The normalized spacial score (nSPS) is 11.6. The van der Waals surface area contributed by atoms with Crippen LogP contribution in [0.3, 0.4) is 0 Å². The summed E-state index contributed by atoms with van der Waals surface area (Å²) >= 11 is 0. The smallest absolute Gasteiger partial charge is 0.0541 e. The Kier molecular flexibility index (Phi) is 6.53. The van der Waals surface area contributed by atoms with E-state index in [1.165, 1.54) is 65.3 Å². The number of hydrogen-bond donors (Lipinski definition) is 0. The second-order valence-electron chi connectivity index (χ2n) is 12.9. The van der Waals surface area contributed by atoms with E-state index in [1.807, 2.05) is 0 Å². The van der Waals surface area contributed by atoms with Crippen LogP contribution in [-0.4, -0.2) is 4.57 Å². The minimum Gasteiger partial charge on any atom is -0.311 e. The van der Waals surface area contributed by atoms with Crippen molar-refractivity contribution in [1.29, 1.82) is 0 Å². The molecular formula is C48H32N2. The summed E-state index contributed by atoms with van der Waals surface area (Å²) in [6.45, 7) is 0. The molecule has 0 amide bonds. The van der Waals surface area contributed by atoms with E-state index in [0.717, 1.165) is 22.7 Å². The van der Waals surface area contributed by atoms with Crippen LogP contribution >= 0.6 is 0 Å². The molecule has 0 bridgehead atoms. The van der Waals surface area contributed by atoms with Crippen LogP contribution < -0.4 is 4.90 Å². The molecule has 1 aromatic heterocycles. The van der Waals surface area contributed by atoms with E-state index < -0.39 is 0 Å². The maximum absolute atomic E-state index is 2.37. The molecule has 1 heterocycles. The fourth-order valence-electron chi connectivity index (χ4n) is 7.96. The largest absolute Gasteiger partial charge is 0.311 e. The van der Waals surface area contributed by atoms with E-state index in [2.05, 4.69) is 204 Å². The Morgan fingerprint density at radius 3 is 1.30 bits per heavy atom. The Labute approximate surface area is 290 Å². The van der Waals surface area contributed by atoms with Gasteiger partial charge in [-0.1, -0.05) is 133 Å². The first-order valence-corrected chi connectivity index (χ1v) is 17.2. The summed E-state index contributed by atoms with van der Waals surface area (Å²) in [5.41, 5.74) is 9.36. The van der Waals surface area contributed by atoms with Gasteiger partial charge in [-0.2, -0.15) is 0 Å². The highest BCUT2D eigenvalue weighted by Crippen LogP contribution is 2.42. The van der Waals surface area contributed by atoms with Crippen LogP contribution in [0.4, 0.5) is 17.1 Å². The van der Waals surface area contributed by atoms with Crippen LogP contribution in [-0.2, 0) is 0 Å². The number of nitrogens with zero attached hydrogens (tertiary/aromatic N) is 2. The monoisotopic (exact) mass is 636 g/mol. The van der Waals surface area contributed by atoms with Crippen molar-refractivity contribution in [3.63, 3.8) is 0 Å².